The fraction of sp³-hybridized carbons (Fsp3) is 0.500. The number of carboxylic acids is 1. The summed E-state index contributed by atoms with van der Waals surface area (Å²) in [6.07, 6.45) is 1.87. The molecule has 1 amide bonds. The smallest absolute Gasteiger partial charge is 0.407 e. The van der Waals surface area contributed by atoms with Crippen LogP contribution in [-0.2, 0) is 16.1 Å². The van der Waals surface area contributed by atoms with Gasteiger partial charge in [-0.15, -0.1) is 0 Å². The Labute approximate surface area is 123 Å². The van der Waals surface area contributed by atoms with E-state index in [0.717, 1.165) is 18.4 Å². The van der Waals surface area contributed by atoms with E-state index in [4.69, 9.17) is 9.84 Å². The fourth-order valence-corrected chi connectivity index (χ4v) is 3.51. The second-order valence-electron chi connectivity index (χ2n) is 5.98. The number of aliphatic carboxylic acids is 1. The van der Waals surface area contributed by atoms with E-state index in [1.807, 2.05) is 30.3 Å². The number of alkyl carbamates (subject to hydrolysis) is 1. The number of nitrogens with one attached hydrogen (secondary N) is 1. The number of benzene rings is 1. The van der Waals surface area contributed by atoms with Gasteiger partial charge in [-0.3, -0.25) is 4.79 Å². The second-order valence-corrected chi connectivity index (χ2v) is 5.98. The lowest BCUT2D eigenvalue weighted by Crippen LogP contribution is -2.50. The van der Waals surface area contributed by atoms with Crippen molar-refractivity contribution >= 4 is 12.1 Å². The first-order valence-corrected chi connectivity index (χ1v) is 7.33. The summed E-state index contributed by atoms with van der Waals surface area (Å²) in [7, 11) is 0. The summed E-state index contributed by atoms with van der Waals surface area (Å²) in [6, 6.07) is 9.59. The molecular formula is C16H19NO4. The SMILES string of the molecule is O=C(N[C@@H]1C[C@@H]2C[C@@H](C(=O)O)C[C@@H]21)OCc1ccccc1. The van der Waals surface area contributed by atoms with E-state index in [0.29, 0.717) is 18.3 Å². The number of carboxylic acid groups (broad SMARTS) is 1. The fourth-order valence-electron chi connectivity index (χ4n) is 3.51. The highest BCUT2D eigenvalue weighted by atomic mass is 16.5. The van der Waals surface area contributed by atoms with Crippen molar-refractivity contribution in [2.45, 2.75) is 31.9 Å². The van der Waals surface area contributed by atoms with Crippen molar-refractivity contribution in [2.24, 2.45) is 17.8 Å². The molecule has 1 aromatic carbocycles. The molecule has 0 aliphatic heterocycles. The molecule has 2 N–H and O–H groups in total. The van der Waals surface area contributed by atoms with E-state index in [1.54, 1.807) is 0 Å². The Bertz CT molecular complexity index is 530. The number of ether oxygens (including phenoxy) is 1. The van der Waals surface area contributed by atoms with E-state index in [9.17, 15) is 9.59 Å². The summed E-state index contributed by atoms with van der Waals surface area (Å²) in [5.74, 6) is -0.206. The summed E-state index contributed by atoms with van der Waals surface area (Å²) in [6.45, 7) is 0.255. The van der Waals surface area contributed by atoms with Crippen LogP contribution in [0, 0.1) is 17.8 Å². The van der Waals surface area contributed by atoms with Crippen LogP contribution >= 0.6 is 0 Å². The Balaban J connectivity index is 1.43. The standard InChI is InChI=1S/C16H19NO4/c18-15(19)12-6-11-8-14(13(11)7-12)17-16(20)21-9-10-4-2-1-3-5-10/h1-5,11-14H,6-9H2,(H,17,20)(H,18,19)/t11-,12+,13-,14+/m0/s1. The van der Waals surface area contributed by atoms with Gasteiger partial charge in [0, 0.05) is 6.04 Å². The molecule has 5 nitrogen and oxygen atoms in total. The zero-order valence-electron chi connectivity index (χ0n) is 11.7. The van der Waals surface area contributed by atoms with E-state index in [1.165, 1.54) is 0 Å². The van der Waals surface area contributed by atoms with Crippen molar-refractivity contribution in [3.8, 4) is 0 Å². The molecule has 4 atom stereocenters. The first-order chi connectivity index (χ1) is 10.1. The summed E-state index contributed by atoms with van der Waals surface area (Å²) in [5, 5.41) is 11.9. The summed E-state index contributed by atoms with van der Waals surface area (Å²) >= 11 is 0. The third kappa shape index (κ3) is 3.01. The predicted molar refractivity (Wildman–Crippen MR) is 75.5 cm³/mol. The van der Waals surface area contributed by atoms with Crippen LogP contribution in [0.15, 0.2) is 30.3 Å². The molecule has 0 aromatic heterocycles. The number of carbonyl (C=O) groups excluding carboxylic acids is 1. The van der Waals surface area contributed by atoms with Crippen molar-refractivity contribution in [3.63, 3.8) is 0 Å². The minimum Gasteiger partial charge on any atom is -0.481 e. The Morgan fingerprint density at radius 2 is 1.95 bits per heavy atom. The minimum atomic E-state index is -0.713. The van der Waals surface area contributed by atoms with Gasteiger partial charge in [-0.2, -0.15) is 0 Å². The molecule has 0 bridgehead atoms. The highest BCUT2D eigenvalue weighted by Crippen LogP contribution is 2.49. The number of hydrogen-bond acceptors (Lipinski definition) is 3. The van der Waals surface area contributed by atoms with Crippen LogP contribution < -0.4 is 5.32 Å². The number of carbonyl (C=O) groups is 2. The molecule has 0 heterocycles. The maximum Gasteiger partial charge on any atom is 0.407 e. The van der Waals surface area contributed by atoms with Crippen molar-refractivity contribution in [3.05, 3.63) is 35.9 Å². The third-order valence-electron chi connectivity index (χ3n) is 4.69. The average molecular weight is 289 g/mol. The van der Waals surface area contributed by atoms with Crippen LogP contribution in [0.25, 0.3) is 0 Å². The van der Waals surface area contributed by atoms with Gasteiger partial charge in [0.2, 0.25) is 0 Å². The van der Waals surface area contributed by atoms with Gasteiger partial charge >= 0.3 is 12.1 Å². The van der Waals surface area contributed by atoms with Crippen LogP contribution in [0.1, 0.15) is 24.8 Å². The molecule has 2 fully saturated rings. The van der Waals surface area contributed by atoms with Gasteiger partial charge in [0.15, 0.2) is 0 Å². The lowest BCUT2D eigenvalue weighted by atomic mass is 9.71. The Morgan fingerprint density at radius 3 is 2.67 bits per heavy atom. The lowest BCUT2D eigenvalue weighted by Gasteiger charge is -2.40. The van der Waals surface area contributed by atoms with Gasteiger partial charge in [-0.25, -0.2) is 4.79 Å². The molecule has 2 aliphatic rings. The van der Waals surface area contributed by atoms with Crippen LogP contribution in [0.2, 0.25) is 0 Å². The Morgan fingerprint density at radius 1 is 1.19 bits per heavy atom. The first kappa shape index (κ1) is 13.9. The van der Waals surface area contributed by atoms with Gasteiger partial charge in [0.05, 0.1) is 5.92 Å². The highest BCUT2D eigenvalue weighted by molar-refractivity contribution is 5.71. The monoisotopic (exact) mass is 289 g/mol. The topological polar surface area (TPSA) is 75.6 Å². The number of hydrogen-bond donors (Lipinski definition) is 2. The molecule has 1 aromatic rings. The Kier molecular flexibility index (Phi) is 3.82. The van der Waals surface area contributed by atoms with E-state index in [2.05, 4.69) is 5.32 Å². The zero-order valence-corrected chi connectivity index (χ0v) is 11.7. The molecule has 0 unspecified atom stereocenters. The van der Waals surface area contributed by atoms with Crippen molar-refractivity contribution in [1.29, 1.82) is 0 Å². The van der Waals surface area contributed by atoms with Crippen LogP contribution in [-0.4, -0.2) is 23.2 Å². The first-order valence-electron chi connectivity index (χ1n) is 7.33. The summed E-state index contributed by atoms with van der Waals surface area (Å²) in [5.41, 5.74) is 0.950. The lowest BCUT2D eigenvalue weighted by molar-refractivity contribution is -0.141. The van der Waals surface area contributed by atoms with Crippen molar-refractivity contribution in [2.75, 3.05) is 0 Å². The zero-order chi connectivity index (χ0) is 14.8. The van der Waals surface area contributed by atoms with Gasteiger partial charge in [-0.1, -0.05) is 30.3 Å². The van der Waals surface area contributed by atoms with Crippen molar-refractivity contribution in [1.82, 2.24) is 5.32 Å². The van der Waals surface area contributed by atoms with Gasteiger partial charge in [0.1, 0.15) is 6.61 Å². The molecule has 3 rings (SSSR count). The molecule has 5 heteroatoms. The molecule has 21 heavy (non-hydrogen) atoms. The van der Waals surface area contributed by atoms with Gasteiger partial charge in [-0.05, 0) is 36.7 Å². The molecule has 2 aliphatic carbocycles. The normalized spacial score (nSPS) is 30.1. The number of rotatable bonds is 4. The van der Waals surface area contributed by atoms with E-state index in [-0.39, 0.29) is 18.6 Å². The molecule has 0 saturated heterocycles. The highest BCUT2D eigenvalue weighted by Gasteiger charge is 2.50. The second kappa shape index (κ2) is 5.76. The Hall–Kier alpha value is -2.04. The minimum absolute atomic E-state index is 0.0719. The molecule has 0 radical (unpaired) electrons. The van der Waals surface area contributed by atoms with Gasteiger partial charge in [0.25, 0.3) is 0 Å². The molecule has 0 spiro atoms. The van der Waals surface area contributed by atoms with Crippen molar-refractivity contribution < 1.29 is 19.4 Å². The number of amides is 1. The molecule has 112 valence electrons. The summed E-state index contributed by atoms with van der Waals surface area (Å²) < 4.78 is 5.19. The third-order valence-corrected chi connectivity index (χ3v) is 4.69. The van der Waals surface area contributed by atoms with Crippen LogP contribution in [0.5, 0.6) is 0 Å². The average Bonchev–Trinajstić information content (AvgIpc) is 2.81. The maximum absolute atomic E-state index is 11.8. The largest absolute Gasteiger partial charge is 0.481 e. The van der Waals surface area contributed by atoms with Crippen LogP contribution in [0.4, 0.5) is 4.79 Å². The summed E-state index contributed by atoms with van der Waals surface area (Å²) in [4.78, 5) is 22.8. The van der Waals surface area contributed by atoms with Gasteiger partial charge < -0.3 is 15.2 Å². The van der Waals surface area contributed by atoms with Crippen LogP contribution in [0.3, 0.4) is 0 Å². The van der Waals surface area contributed by atoms with E-state index < -0.39 is 12.1 Å². The maximum atomic E-state index is 11.8. The number of fused-ring (bicyclic) bond motifs is 1. The molecular weight excluding hydrogens is 270 g/mol. The molecule has 2 saturated carbocycles. The quantitative estimate of drug-likeness (QED) is 0.892. The van der Waals surface area contributed by atoms with E-state index >= 15 is 0 Å². The predicted octanol–water partition coefficient (Wildman–Crippen LogP) is 2.41.